The molecule has 1 aliphatic heterocycles. The molecule has 7 heteroatoms. The Labute approximate surface area is 121 Å². The van der Waals surface area contributed by atoms with Gasteiger partial charge in [-0.2, -0.15) is 0 Å². The average Bonchev–Trinajstić information content (AvgIpc) is 2.83. The smallest absolute Gasteiger partial charge is 0.251 e. The van der Waals surface area contributed by atoms with Gasteiger partial charge in [-0.25, -0.2) is 4.31 Å². The highest BCUT2D eigenvalue weighted by atomic mass is 32.2. The SMILES string of the molecule is CNc1sc(SN2CCC(OC)CC2)cc1C(N)=O. The highest BCUT2D eigenvalue weighted by Crippen LogP contribution is 2.37. The molecule has 0 saturated carbocycles. The number of methoxy groups -OCH3 is 1. The quantitative estimate of drug-likeness (QED) is 0.814. The van der Waals surface area contributed by atoms with Crippen molar-refractivity contribution in [1.29, 1.82) is 0 Å². The fraction of sp³-hybridized carbons (Fsp3) is 0.583. The Hall–Kier alpha value is -0.760. The van der Waals surface area contributed by atoms with Crippen LogP contribution in [0.5, 0.6) is 0 Å². The molecule has 1 amide bonds. The van der Waals surface area contributed by atoms with Crippen LogP contribution in [0.15, 0.2) is 10.3 Å². The summed E-state index contributed by atoms with van der Waals surface area (Å²) in [5, 5.41) is 3.85. The van der Waals surface area contributed by atoms with Gasteiger partial charge in [-0.1, -0.05) is 0 Å². The fourth-order valence-electron chi connectivity index (χ4n) is 2.07. The normalized spacial score (nSPS) is 17.6. The minimum absolute atomic E-state index is 0.384. The number of nitrogens with one attached hydrogen (secondary N) is 1. The van der Waals surface area contributed by atoms with Crippen LogP contribution in [-0.4, -0.2) is 43.6 Å². The molecule has 2 heterocycles. The lowest BCUT2D eigenvalue weighted by Gasteiger charge is -2.29. The zero-order chi connectivity index (χ0) is 13.8. The summed E-state index contributed by atoms with van der Waals surface area (Å²) >= 11 is 3.26. The van der Waals surface area contributed by atoms with Gasteiger partial charge in [0.2, 0.25) is 0 Å². The summed E-state index contributed by atoms with van der Waals surface area (Å²) in [5.41, 5.74) is 5.93. The van der Waals surface area contributed by atoms with Crippen LogP contribution in [-0.2, 0) is 4.74 Å². The summed E-state index contributed by atoms with van der Waals surface area (Å²) in [7, 11) is 3.57. The van der Waals surface area contributed by atoms with E-state index >= 15 is 0 Å². The molecule has 0 bridgehead atoms. The van der Waals surface area contributed by atoms with E-state index in [9.17, 15) is 4.79 Å². The van der Waals surface area contributed by atoms with Crippen molar-refractivity contribution in [3.8, 4) is 0 Å². The molecule has 106 valence electrons. The second-order valence-corrected chi connectivity index (χ2v) is 6.83. The van der Waals surface area contributed by atoms with Gasteiger partial charge in [0.25, 0.3) is 5.91 Å². The van der Waals surface area contributed by atoms with Crippen molar-refractivity contribution < 1.29 is 9.53 Å². The van der Waals surface area contributed by atoms with Gasteiger partial charge >= 0.3 is 0 Å². The van der Waals surface area contributed by atoms with E-state index in [0.29, 0.717) is 11.7 Å². The van der Waals surface area contributed by atoms with Gasteiger partial charge in [0.1, 0.15) is 5.00 Å². The van der Waals surface area contributed by atoms with Crippen LogP contribution in [0.3, 0.4) is 0 Å². The molecule has 5 nitrogen and oxygen atoms in total. The minimum Gasteiger partial charge on any atom is -0.381 e. The van der Waals surface area contributed by atoms with E-state index in [1.807, 2.05) is 6.07 Å². The molecule has 1 fully saturated rings. The maximum atomic E-state index is 11.3. The molecular formula is C12H19N3O2S2. The van der Waals surface area contributed by atoms with Crippen LogP contribution in [0.2, 0.25) is 0 Å². The van der Waals surface area contributed by atoms with Crippen LogP contribution in [0.4, 0.5) is 5.00 Å². The summed E-state index contributed by atoms with van der Waals surface area (Å²) in [6.07, 6.45) is 2.49. The molecule has 0 radical (unpaired) electrons. The van der Waals surface area contributed by atoms with Crippen LogP contribution >= 0.6 is 23.3 Å². The maximum absolute atomic E-state index is 11.3. The number of thiophene rings is 1. The van der Waals surface area contributed by atoms with Crippen molar-refractivity contribution in [2.75, 3.05) is 32.6 Å². The topological polar surface area (TPSA) is 67.6 Å². The first-order valence-corrected chi connectivity index (χ1v) is 7.80. The van der Waals surface area contributed by atoms with Gasteiger partial charge in [-0.05, 0) is 30.9 Å². The predicted molar refractivity (Wildman–Crippen MR) is 79.8 cm³/mol. The second-order valence-electron chi connectivity index (χ2n) is 4.38. The summed E-state index contributed by atoms with van der Waals surface area (Å²) < 4.78 is 8.76. The molecule has 3 N–H and O–H groups in total. The number of hydrogen-bond donors (Lipinski definition) is 2. The summed E-state index contributed by atoms with van der Waals surface area (Å²) in [6, 6.07) is 1.87. The fourth-order valence-corrected chi connectivity index (χ4v) is 4.35. The first-order chi connectivity index (χ1) is 9.13. The van der Waals surface area contributed by atoms with Crippen molar-refractivity contribution in [2.45, 2.75) is 23.2 Å². The van der Waals surface area contributed by atoms with Crippen LogP contribution < -0.4 is 11.1 Å². The molecule has 1 saturated heterocycles. The molecule has 0 aromatic carbocycles. The molecule has 0 unspecified atom stereocenters. The number of rotatable bonds is 5. The highest BCUT2D eigenvalue weighted by Gasteiger charge is 2.21. The van der Waals surface area contributed by atoms with E-state index in [0.717, 1.165) is 35.1 Å². The molecular weight excluding hydrogens is 282 g/mol. The van der Waals surface area contributed by atoms with E-state index in [4.69, 9.17) is 10.5 Å². The number of nitrogens with two attached hydrogens (primary N) is 1. The zero-order valence-electron chi connectivity index (χ0n) is 11.1. The monoisotopic (exact) mass is 301 g/mol. The van der Waals surface area contributed by atoms with Gasteiger partial charge in [0.15, 0.2) is 0 Å². The van der Waals surface area contributed by atoms with E-state index in [1.165, 1.54) is 0 Å². The molecule has 0 atom stereocenters. The summed E-state index contributed by atoms with van der Waals surface area (Å²) in [6.45, 7) is 2.00. The van der Waals surface area contributed by atoms with Gasteiger partial charge in [0.05, 0.1) is 15.9 Å². The van der Waals surface area contributed by atoms with E-state index in [2.05, 4.69) is 9.62 Å². The highest BCUT2D eigenvalue weighted by molar-refractivity contribution is 7.99. The van der Waals surface area contributed by atoms with Crippen LogP contribution in [0, 0.1) is 0 Å². The lowest BCUT2D eigenvalue weighted by Crippen LogP contribution is -2.32. The Morgan fingerprint density at radius 2 is 2.26 bits per heavy atom. The van der Waals surface area contributed by atoms with Crippen molar-refractivity contribution >= 4 is 34.2 Å². The summed E-state index contributed by atoms with van der Waals surface area (Å²) in [4.78, 5) is 11.3. The molecule has 0 spiro atoms. The number of ether oxygens (including phenoxy) is 1. The number of primary amides is 1. The Morgan fingerprint density at radius 1 is 1.58 bits per heavy atom. The van der Waals surface area contributed by atoms with Gasteiger partial charge in [-0.3, -0.25) is 4.79 Å². The van der Waals surface area contributed by atoms with Gasteiger partial charge < -0.3 is 15.8 Å². The maximum Gasteiger partial charge on any atom is 0.251 e. The third-order valence-corrected chi connectivity index (χ3v) is 5.50. The van der Waals surface area contributed by atoms with Crippen LogP contribution in [0.1, 0.15) is 23.2 Å². The third kappa shape index (κ3) is 3.62. The average molecular weight is 301 g/mol. The molecule has 1 aliphatic rings. The van der Waals surface area contributed by atoms with Gasteiger partial charge in [0, 0.05) is 27.2 Å². The molecule has 0 aliphatic carbocycles. The number of carbonyl (C=O) groups is 1. The standard InChI is InChI=1S/C12H19N3O2S2/c1-14-12-9(11(13)16)7-10(18-12)19-15-5-3-8(17-2)4-6-15/h7-8,14H,3-6H2,1-2H3,(H2,13,16). The number of amides is 1. The molecule has 1 aromatic rings. The number of carbonyl (C=O) groups excluding carboxylic acids is 1. The Kier molecular flexibility index (Phi) is 5.09. The lowest BCUT2D eigenvalue weighted by molar-refractivity contribution is 0.0624. The third-order valence-electron chi connectivity index (χ3n) is 3.16. The Morgan fingerprint density at radius 3 is 2.74 bits per heavy atom. The minimum atomic E-state index is -0.384. The lowest BCUT2D eigenvalue weighted by atomic mass is 10.1. The number of anilines is 1. The number of hydrogen-bond acceptors (Lipinski definition) is 6. The number of piperidine rings is 1. The number of nitrogens with zero attached hydrogens (tertiary/aromatic N) is 1. The molecule has 1 aromatic heterocycles. The molecule has 2 rings (SSSR count). The van der Waals surface area contributed by atoms with Crippen LogP contribution in [0.25, 0.3) is 0 Å². The first kappa shape index (κ1) is 14.6. The Bertz CT molecular complexity index is 442. The van der Waals surface area contributed by atoms with Gasteiger partial charge in [-0.15, -0.1) is 11.3 Å². The van der Waals surface area contributed by atoms with Crippen molar-refractivity contribution in [2.24, 2.45) is 5.73 Å². The second kappa shape index (κ2) is 6.60. The zero-order valence-corrected chi connectivity index (χ0v) is 12.8. The largest absolute Gasteiger partial charge is 0.381 e. The first-order valence-electron chi connectivity index (χ1n) is 6.21. The van der Waals surface area contributed by atoms with Crippen molar-refractivity contribution in [1.82, 2.24) is 4.31 Å². The molecule has 19 heavy (non-hydrogen) atoms. The van der Waals surface area contributed by atoms with Crippen molar-refractivity contribution in [3.63, 3.8) is 0 Å². The Balaban J connectivity index is 1.98. The van der Waals surface area contributed by atoms with E-state index in [1.54, 1.807) is 37.4 Å². The van der Waals surface area contributed by atoms with Crippen molar-refractivity contribution in [3.05, 3.63) is 11.6 Å². The predicted octanol–water partition coefficient (Wildman–Crippen LogP) is 2.01. The summed E-state index contributed by atoms with van der Waals surface area (Å²) in [5.74, 6) is -0.384. The van der Waals surface area contributed by atoms with E-state index in [-0.39, 0.29) is 5.91 Å². The van der Waals surface area contributed by atoms with E-state index < -0.39 is 0 Å².